The average molecular weight is 269 g/mol. The first-order valence-corrected chi connectivity index (χ1v) is 7.93. The molecular weight excluding hydrogens is 234 g/mol. The van der Waals surface area contributed by atoms with Gasteiger partial charge in [-0.05, 0) is 57.9 Å². The van der Waals surface area contributed by atoms with Crippen molar-refractivity contribution in [1.82, 2.24) is 15.1 Å². The Hall–Kier alpha value is -0.120. The summed E-state index contributed by atoms with van der Waals surface area (Å²) in [6, 6.07) is 0.578. The van der Waals surface area contributed by atoms with Crippen LogP contribution in [0, 0.1) is 11.3 Å². The lowest BCUT2D eigenvalue weighted by molar-refractivity contribution is 0.147. The molecule has 1 unspecified atom stereocenters. The fourth-order valence-corrected chi connectivity index (χ4v) is 2.96. The highest BCUT2D eigenvalue weighted by atomic mass is 15.1. The van der Waals surface area contributed by atoms with E-state index in [2.05, 4.69) is 56.9 Å². The standard InChI is InChI=1S/C16H35N3/c1-7-17-15(16(2,3)4)13-19(6)12-14-8-10-18(5)11-9-14/h14-15,17H,7-13H2,1-6H3. The van der Waals surface area contributed by atoms with Crippen molar-refractivity contribution in [1.29, 1.82) is 0 Å². The van der Waals surface area contributed by atoms with Gasteiger partial charge in [0.2, 0.25) is 0 Å². The van der Waals surface area contributed by atoms with Crippen LogP contribution in [0.25, 0.3) is 0 Å². The predicted molar refractivity (Wildman–Crippen MR) is 84.6 cm³/mol. The van der Waals surface area contributed by atoms with E-state index in [4.69, 9.17) is 0 Å². The van der Waals surface area contributed by atoms with Crippen LogP contribution >= 0.6 is 0 Å². The molecule has 0 bridgehead atoms. The third kappa shape index (κ3) is 6.24. The van der Waals surface area contributed by atoms with Crippen LogP contribution in [-0.2, 0) is 0 Å². The monoisotopic (exact) mass is 269 g/mol. The molecular formula is C16H35N3. The van der Waals surface area contributed by atoms with Crippen LogP contribution in [0.15, 0.2) is 0 Å². The molecule has 0 amide bonds. The van der Waals surface area contributed by atoms with Crippen LogP contribution in [0.5, 0.6) is 0 Å². The Morgan fingerprint density at radius 3 is 2.32 bits per heavy atom. The van der Waals surface area contributed by atoms with Crippen molar-refractivity contribution in [3.05, 3.63) is 0 Å². The number of likely N-dealkylation sites (tertiary alicyclic amines) is 1. The minimum Gasteiger partial charge on any atom is -0.312 e. The van der Waals surface area contributed by atoms with E-state index in [-0.39, 0.29) is 0 Å². The summed E-state index contributed by atoms with van der Waals surface area (Å²) in [4.78, 5) is 4.99. The quantitative estimate of drug-likeness (QED) is 0.798. The number of piperidine rings is 1. The summed E-state index contributed by atoms with van der Waals surface area (Å²) < 4.78 is 0. The third-order valence-corrected chi connectivity index (χ3v) is 4.40. The lowest BCUT2D eigenvalue weighted by Gasteiger charge is -2.37. The van der Waals surface area contributed by atoms with E-state index in [1.54, 1.807) is 0 Å². The Balaban J connectivity index is 2.37. The fraction of sp³-hybridized carbons (Fsp3) is 1.00. The van der Waals surface area contributed by atoms with Gasteiger partial charge in [-0.1, -0.05) is 27.7 Å². The van der Waals surface area contributed by atoms with Gasteiger partial charge in [0.25, 0.3) is 0 Å². The first-order valence-electron chi connectivity index (χ1n) is 7.93. The van der Waals surface area contributed by atoms with Crippen LogP contribution in [0.4, 0.5) is 0 Å². The Morgan fingerprint density at radius 1 is 1.26 bits per heavy atom. The van der Waals surface area contributed by atoms with Crippen LogP contribution in [0.2, 0.25) is 0 Å². The molecule has 19 heavy (non-hydrogen) atoms. The zero-order chi connectivity index (χ0) is 14.5. The number of rotatable bonds is 6. The van der Waals surface area contributed by atoms with Gasteiger partial charge in [0.1, 0.15) is 0 Å². The molecule has 3 nitrogen and oxygen atoms in total. The molecule has 0 saturated carbocycles. The molecule has 1 atom stereocenters. The highest BCUT2D eigenvalue weighted by molar-refractivity contribution is 4.83. The molecule has 0 aromatic carbocycles. The molecule has 1 aliphatic rings. The average Bonchev–Trinajstić information content (AvgIpc) is 2.30. The van der Waals surface area contributed by atoms with Crippen molar-refractivity contribution >= 4 is 0 Å². The lowest BCUT2D eigenvalue weighted by Crippen LogP contribution is -2.48. The molecule has 3 heteroatoms. The van der Waals surface area contributed by atoms with Gasteiger partial charge >= 0.3 is 0 Å². The molecule has 1 fully saturated rings. The predicted octanol–water partition coefficient (Wildman–Crippen LogP) is 2.28. The topological polar surface area (TPSA) is 18.5 Å². The van der Waals surface area contributed by atoms with Gasteiger partial charge in [0.05, 0.1) is 0 Å². The van der Waals surface area contributed by atoms with Crippen LogP contribution in [-0.4, -0.2) is 62.7 Å². The molecule has 0 radical (unpaired) electrons. The Morgan fingerprint density at radius 2 is 1.84 bits per heavy atom. The lowest BCUT2D eigenvalue weighted by atomic mass is 9.86. The molecule has 1 saturated heterocycles. The van der Waals surface area contributed by atoms with Gasteiger partial charge < -0.3 is 15.1 Å². The first-order chi connectivity index (χ1) is 8.82. The van der Waals surface area contributed by atoms with E-state index in [0.717, 1.165) is 19.0 Å². The minimum absolute atomic E-state index is 0.330. The maximum absolute atomic E-state index is 3.65. The summed E-state index contributed by atoms with van der Waals surface area (Å²) in [6.07, 6.45) is 2.73. The zero-order valence-electron chi connectivity index (χ0n) is 14.0. The molecule has 0 aliphatic carbocycles. The molecule has 1 rings (SSSR count). The van der Waals surface area contributed by atoms with Crippen LogP contribution in [0.1, 0.15) is 40.5 Å². The zero-order valence-corrected chi connectivity index (χ0v) is 14.0. The molecule has 0 spiro atoms. The van der Waals surface area contributed by atoms with Gasteiger partial charge in [0, 0.05) is 19.1 Å². The number of hydrogen-bond acceptors (Lipinski definition) is 3. The Bertz CT molecular complexity index is 239. The second-order valence-electron chi connectivity index (χ2n) is 7.44. The largest absolute Gasteiger partial charge is 0.312 e. The molecule has 1 aliphatic heterocycles. The van der Waals surface area contributed by atoms with Crippen molar-refractivity contribution in [3.63, 3.8) is 0 Å². The van der Waals surface area contributed by atoms with E-state index in [0.29, 0.717) is 11.5 Å². The fourth-order valence-electron chi connectivity index (χ4n) is 2.96. The molecule has 0 aromatic rings. The number of nitrogens with one attached hydrogen (secondary N) is 1. The number of nitrogens with zero attached hydrogens (tertiary/aromatic N) is 2. The molecule has 1 heterocycles. The van der Waals surface area contributed by atoms with E-state index in [1.807, 2.05) is 0 Å². The van der Waals surface area contributed by atoms with Gasteiger partial charge in [-0.25, -0.2) is 0 Å². The van der Waals surface area contributed by atoms with Crippen molar-refractivity contribution in [3.8, 4) is 0 Å². The minimum atomic E-state index is 0.330. The van der Waals surface area contributed by atoms with Crippen LogP contribution < -0.4 is 5.32 Å². The molecule has 114 valence electrons. The van der Waals surface area contributed by atoms with E-state index in [9.17, 15) is 0 Å². The van der Waals surface area contributed by atoms with E-state index >= 15 is 0 Å². The summed E-state index contributed by atoms with van der Waals surface area (Å²) in [5.74, 6) is 0.892. The van der Waals surface area contributed by atoms with Crippen molar-refractivity contribution in [2.24, 2.45) is 11.3 Å². The summed E-state index contributed by atoms with van der Waals surface area (Å²) >= 11 is 0. The third-order valence-electron chi connectivity index (χ3n) is 4.40. The second-order valence-corrected chi connectivity index (χ2v) is 7.44. The highest BCUT2D eigenvalue weighted by Crippen LogP contribution is 2.21. The van der Waals surface area contributed by atoms with Gasteiger partial charge in [-0.3, -0.25) is 0 Å². The molecule has 0 aromatic heterocycles. The highest BCUT2D eigenvalue weighted by Gasteiger charge is 2.26. The first kappa shape index (κ1) is 16.9. The Kier molecular flexibility index (Phi) is 6.78. The summed E-state index contributed by atoms with van der Waals surface area (Å²) in [7, 11) is 4.52. The summed E-state index contributed by atoms with van der Waals surface area (Å²) in [5, 5.41) is 3.65. The summed E-state index contributed by atoms with van der Waals surface area (Å²) in [5.41, 5.74) is 0.330. The number of likely N-dealkylation sites (N-methyl/N-ethyl adjacent to an activating group) is 2. The van der Waals surface area contributed by atoms with Gasteiger partial charge in [0.15, 0.2) is 0 Å². The van der Waals surface area contributed by atoms with E-state index < -0.39 is 0 Å². The van der Waals surface area contributed by atoms with Crippen molar-refractivity contribution in [2.75, 3.05) is 46.8 Å². The van der Waals surface area contributed by atoms with Crippen molar-refractivity contribution in [2.45, 2.75) is 46.6 Å². The smallest absolute Gasteiger partial charge is 0.0243 e. The normalized spacial score (nSPS) is 21.0. The number of hydrogen-bond donors (Lipinski definition) is 1. The van der Waals surface area contributed by atoms with Gasteiger partial charge in [-0.2, -0.15) is 0 Å². The SMILES string of the molecule is CCNC(CN(C)CC1CCN(C)CC1)C(C)(C)C. The molecule has 1 N–H and O–H groups in total. The maximum atomic E-state index is 3.65. The van der Waals surface area contributed by atoms with Gasteiger partial charge in [-0.15, -0.1) is 0 Å². The maximum Gasteiger partial charge on any atom is 0.0243 e. The second kappa shape index (κ2) is 7.61. The summed E-state index contributed by atoms with van der Waals surface area (Å²) in [6.45, 7) is 15.2. The van der Waals surface area contributed by atoms with Crippen molar-refractivity contribution < 1.29 is 0 Å². The van der Waals surface area contributed by atoms with E-state index in [1.165, 1.54) is 32.5 Å². The van der Waals surface area contributed by atoms with Crippen LogP contribution in [0.3, 0.4) is 0 Å². The Labute approximate surface area is 120 Å².